The topological polar surface area (TPSA) is 145 Å². The maximum Gasteiger partial charge on any atom is 0.407 e. The molecule has 1 unspecified atom stereocenters. The predicted octanol–water partition coefficient (Wildman–Crippen LogP) is 2.17. The van der Waals surface area contributed by atoms with Gasteiger partial charge in [-0.25, -0.2) is 4.79 Å². The number of carbonyl (C=O) groups is 4. The van der Waals surface area contributed by atoms with Crippen LogP contribution in [-0.2, 0) is 20.8 Å². The van der Waals surface area contributed by atoms with Crippen molar-refractivity contribution in [3.8, 4) is 0 Å². The van der Waals surface area contributed by atoms with Gasteiger partial charge < -0.3 is 26.4 Å². The van der Waals surface area contributed by atoms with Crippen LogP contribution in [0, 0.1) is 5.92 Å². The Bertz CT molecular complexity index is 1040. The lowest BCUT2D eigenvalue weighted by Crippen LogP contribution is -2.58. The van der Waals surface area contributed by atoms with E-state index in [0.29, 0.717) is 6.42 Å². The van der Waals surface area contributed by atoms with Gasteiger partial charge >= 0.3 is 6.09 Å². The molecular formula is C28H41N5O5. The third-order valence-corrected chi connectivity index (χ3v) is 8.55. The zero-order chi connectivity index (χ0) is 27.4. The van der Waals surface area contributed by atoms with Crippen LogP contribution in [0.25, 0.3) is 0 Å². The van der Waals surface area contributed by atoms with E-state index in [9.17, 15) is 24.3 Å². The first-order chi connectivity index (χ1) is 18.2. The maximum atomic E-state index is 14.0. The van der Waals surface area contributed by atoms with Crippen molar-refractivity contribution in [2.24, 2.45) is 11.7 Å². The summed E-state index contributed by atoms with van der Waals surface area (Å²) in [5, 5.41) is 15.3. The Morgan fingerprint density at radius 1 is 1.08 bits per heavy atom. The summed E-state index contributed by atoms with van der Waals surface area (Å²) < 4.78 is 0. The van der Waals surface area contributed by atoms with Crippen LogP contribution in [-0.4, -0.2) is 76.5 Å². The first kappa shape index (κ1) is 27.9. The Hall–Kier alpha value is -3.14. The van der Waals surface area contributed by atoms with Gasteiger partial charge in [0.05, 0.1) is 6.04 Å². The molecule has 1 heterocycles. The zero-order valence-electron chi connectivity index (χ0n) is 22.4. The number of carbonyl (C=O) groups excluding carboxylic acids is 3. The van der Waals surface area contributed by atoms with Crippen molar-refractivity contribution in [2.75, 3.05) is 13.6 Å². The van der Waals surface area contributed by atoms with Gasteiger partial charge in [0.25, 0.3) is 0 Å². The fourth-order valence-electron chi connectivity index (χ4n) is 6.18. The van der Waals surface area contributed by atoms with Gasteiger partial charge in [-0.05, 0) is 62.5 Å². The van der Waals surface area contributed by atoms with Gasteiger partial charge in [0.2, 0.25) is 17.7 Å². The molecule has 5 atom stereocenters. The van der Waals surface area contributed by atoms with Crippen molar-refractivity contribution in [1.29, 1.82) is 0 Å². The minimum absolute atomic E-state index is 0.0757. The molecule has 1 saturated carbocycles. The molecule has 1 aromatic carbocycles. The van der Waals surface area contributed by atoms with Crippen LogP contribution in [0.3, 0.4) is 0 Å². The second kappa shape index (κ2) is 12.1. The van der Waals surface area contributed by atoms with E-state index in [0.717, 1.165) is 61.8 Å². The van der Waals surface area contributed by atoms with E-state index in [1.165, 1.54) is 19.5 Å². The lowest BCUT2D eigenvalue weighted by atomic mass is 9.83. The summed E-state index contributed by atoms with van der Waals surface area (Å²) in [5.74, 6) is -1.14. The summed E-state index contributed by atoms with van der Waals surface area (Å²) in [5.41, 5.74) is 8.63. The van der Waals surface area contributed by atoms with E-state index in [-0.39, 0.29) is 36.4 Å². The lowest BCUT2D eigenvalue weighted by Gasteiger charge is -2.36. The minimum atomic E-state index is -1.22. The fraction of sp³-hybridized carbons (Fsp3) is 0.643. The Balaban J connectivity index is 1.52. The number of benzene rings is 1. The summed E-state index contributed by atoms with van der Waals surface area (Å²) in [6.07, 6.45) is 6.50. The molecule has 3 aliphatic rings. The molecule has 0 aromatic heterocycles. The van der Waals surface area contributed by atoms with E-state index in [1.54, 1.807) is 4.90 Å². The van der Waals surface area contributed by atoms with Gasteiger partial charge in [-0.1, -0.05) is 43.5 Å². The third-order valence-electron chi connectivity index (χ3n) is 8.55. The van der Waals surface area contributed by atoms with Crippen molar-refractivity contribution >= 4 is 23.8 Å². The molecule has 2 fully saturated rings. The van der Waals surface area contributed by atoms with Crippen molar-refractivity contribution < 1.29 is 24.3 Å². The van der Waals surface area contributed by atoms with Crippen LogP contribution < -0.4 is 16.4 Å². The molecule has 10 heteroatoms. The number of nitrogens with one attached hydrogen (secondary N) is 2. The molecule has 1 aliphatic heterocycles. The first-order valence-electron chi connectivity index (χ1n) is 13.9. The van der Waals surface area contributed by atoms with E-state index < -0.39 is 30.1 Å². The number of nitrogens with zero attached hydrogens (tertiary/aromatic N) is 2. The summed E-state index contributed by atoms with van der Waals surface area (Å²) in [7, 11) is 1.33. The average molecular weight is 528 g/mol. The molecule has 10 nitrogen and oxygen atoms in total. The smallest absolute Gasteiger partial charge is 0.407 e. The molecule has 2 aliphatic carbocycles. The summed E-state index contributed by atoms with van der Waals surface area (Å²) in [6.45, 7) is 1.73. The van der Waals surface area contributed by atoms with Crippen molar-refractivity contribution in [3.05, 3.63) is 35.4 Å². The lowest BCUT2D eigenvalue weighted by molar-refractivity contribution is -0.143. The molecule has 1 saturated heterocycles. The van der Waals surface area contributed by atoms with Gasteiger partial charge in [0.1, 0.15) is 18.1 Å². The van der Waals surface area contributed by atoms with Crippen LogP contribution in [0.15, 0.2) is 24.3 Å². The second-order valence-corrected chi connectivity index (χ2v) is 11.1. The van der Waals surface area contributed by atoms with Gasteiger partial charge in [-0.15, -0.1) is 0 Å². The molecule has 4 amide bonds. The number of likely N-dealkylation sites (N-methyl/N-ethyl adjacent to an activating group) is 1. The summed E-state index contributed by atoms with van der Waals surface area (Å²) >= 11 is 0. The molecule has 5 N–H and O–H groups in total. The van der Waals surface area contributed by atoms with Gasteiger partial charge in [0.15, 0.2) is 0 Å². The number of hydrogen-bond acceptors (Lipinski definition) is 5. The number of carboxylic acid groups (broad SMARTS) is 1. The number of rotatable bonds is 7. The van der Waals surface area contributed by atoms with Crippen LogP contribution in [0.1, 0.15) is 75.5 Å². The maximum absolute atomic E-state index is 14.0. The molecule has 38 heavy (non-hydrogen) atoms. The standard InChI is InChI=1S/C28H41N5O5/c1-17(32(2)28(37)38)25(34)31-24(19-10-4-3-5-11-19)27(36)33-16-20(29)15-23(33)26(35)30-22-14-8-12-18-9-6-7-13-21(18)22/h6-7,9,13,17,19-20,22-24H,3-5,8,10-12,14-16,29H2,1-2H3,(H,30,35)(H,31,34)(H,37,38)/t17-,20-,22?,23-,24-/m0/s1. The quantitative estimate of drug-likeness (QED) is 0.428. The highest BCUT2D eigenvalue weighted by atomic mass is 16.4. The molecule has 0 bridgehead atoms. The molecule has 1 aromatic rings. The van der Waals surface area contributed by atoms with E-state index in [2.05, 4.69) is 16.7 Å². The fourth-order valence-corrected chi connectivity index (χ4v) is 6.18. The van der Waals surface area contributed by atoms with E-state index >= 15 is 0 Å². The Morgan fingerprint density at radius 3 is 2.50 bits per heavy atom. The number of aryl methyl sites for hydroxylation is 1. The monoisotopic (exact) mass is 527 g/mol. The highest BCUT2D eigenvalue weighted by Crippen LogP contribution is 2.32. The third kappa shape index (κ3) is 6.11. The Kier molecular flexibility index (Phi) is 8.91. The van der Waals surface area contributed by atoms with Crippen molar-refractivity contribution in [1.82, 2.24) is 20.4 Å². The number of nitrogens with two attached hydrogens (primary N) is 1. The summed E-state index contributed by atoms with van der Waals surface area (Å²) in [6, 6.07) is 5.17. The van der Waals surface area contributed by atoms with Gasteiger partial charge in [-0.2, -0.15) is 0 Å². The zero-order valence-corrected chi connectivity index (χ0v) is 22.4. The number of hydrogen-bond donors (Lipinski definition) is 4. The average Bonchev–Trinajstić information content (AvgIpc) is 3.32. The Morgan fingerprint density at radius 2 is 1.79 bits per heavy atom. The molecular weight excluding hydrogens is 486 g/mol. The molecule has 0 radical (unpaired) electrons. The highest BCUT2D eigenvalue weighted by molar-refractivity contribution is 5.94. The Labute approximate surface area is 224 Å². The van der Waals surface area contributed by atoms with Gasteiger partial charge in [-0.3, -0.25) is 19.3 Å². The van der Waals surface area contributed by atoms with Crippen LogP contribution in [0.4, 0.5) is 4.79 Å². The SMILES string of the molecule is C[C@@H](C(=O)N[C@H](C(=O)N1C[C@@H](N)C[C@H]1C(=O)NC1CCCc2ccccc21)C1CCCCC1)N(C)C(=O)O. The normalized spacial score (nSPS) is 25.1. The first-order valence-corrected chi connectivity index (χ1v) is 13.9. The van der Waals surface area contributed by atoms with Crippen molar-refractivity contribution in [2.45, 2.75) is 94.9 Å². The molecule has 4 rings (SSSR count). The highest BCUT2D eigenvalue weighted by Gasteiger charge is 2.44. The van der Waals surface area contributed by atoms with Crippen molar-refractivity contribution in [3.63, 3.8) is 0 Å². The van der Waals surface area contributed by atoms with E-state index in [4.69, 9.17) is 5.73 Å². The van der Waals surface area contributed by atoms with E-state index in [1.807, 2.05) is 18.2 Å². The molecule has 208 valence electrons. The second-order valence-electron chi connectivity index (χ2n) is 11.1. The number of fused-ring (bicyclic) bond motifs is 1. The minimum Gasteiger partial charge on any atom is -0.465 e. The molecule has 0 spiro atoms. The van der Waals surface area contributed by atoms with Crippen LogP contribution in [0.2, 0.25) is 0 Å². The largest absolute Gasteiger partial charge is 0.465 e. The summed E-state index contributed by atoms with van der Waals surface area (Å²) in [4.78, 5) is 54.4. The predicted molar refractivity (Wildman–Crippen MR) is 142 cm³/mol. The van der Waals surface area contributed by atoms with Gasteiger partial charge in [0, 0.05) is 19.6 Å². The van der Waals surface area contributed by atoms with Crippen LogP contribution in [0.5, 0.6) is 0 Å². The van der Waals surface area contributed by atoms with Crippen LogP contribution >= 0.6 is 0 Å². The number of amides is 4. The number of likely N-dealkylation sites (tertiary alicyclic amines) is 1.